The minimum Gasteiger partial charge on any atom is -0.294 e. The topological polar surface area (TPSA) is 40.9 Å². The minimum absolute atomic E-state index is 0.107. The summed E-state index contributed by atoms with van der Waals surface area (Å²) in [6, 6.07) is 15.4. The van der Waals surface area contributed by atoms with Crippen molar-refractivity contribution in [3.8, 4) is 17.2 Å². The number of benzene rings is 2. The van der Waals surface area contributed by atoms with E-state index in [1.54, 1.807) is 19.1 Å². The standard InChI is InChI=1S/C23H24FNO/c1-16-12-19(17-8-4-2-5-9-17)13-21(23(16)24)22(26)14-20(15-25)18-10-6-3-7-11-18/h2,4-5,8-9,12-13,18,20H,3,6-7,10-11,14H2,1H3/t20-/m0/s1. The zero-order chi connectivity index (χ0) is 18.5. The fourth-order valence-corrected chi connectivity index (χ4v) is 3.93. The van der Waals surface area contributed by atoms with Gasteiger partial charge >= 0.3 is 0 Å². The fraction of sp³-hybridized carbons (Fsp3) is 0.391. The Kier molecular flexibility index (Phi) is 5.83. The predicted octanol–water partition coefficient (Wildman–Crippen LogP) is 6.09. The summed E-state index contributed by atoms with van der Waals surface area (Å²) in [5, 5.41) is 9.53. The van der Waals surface area contributed by atoms with Crippen LogP contribution in [0.25, 0.3) is 11.1 Å². The predicted molar refractivity (Wildman–Crippen MR) is 101 cm³/mol. The highest BCUT2D eigenvalue weighted by atomic mass is 19.1. The van der Waals surface area contributed by atoms with E-state index in [0.29, 0.717) is 5.56 Å². The Morgan fingerprint density at radius 3 is 2.50 bits per heavy atom. The third kappa shape index (κ3) is 4.02. The van der Waals surface area contributed by atoms with Crippen molar-refractivity contribution < 1.29 is 9.18 Å². The molecule has 1 fully saturated rings. The van der Waals surface area contributed by atoms with Gasteiger partial charge in [-0.25, -0.2) is 4.39 Å². The van der Waals surface area contributed by atoms with Gasteiger partial charge in [0.1, 0.15) is 5.82 Å². The van der Waals surface area contributed by atoms with Crippen molar-refractivity contribution in [3.05, 3.63) is 59.4 Å². The molecule has 1 aliphatic rings. The molecule has 0 saturated heterocycles. The average Bonchev–Trinajstić information content (AvgIpc) is 2.69. The van der Waals surface area contributed by atoms with Gasteiger partial charge in [0, 0.05) is 6.42 Å². The van der Waals surface area contributed by atoms with Gasteiger partial charge in [-0.15, -0.1) is 0 Å². The van der Waals surface area contributed by atoms with E-state index in [0.717, 1.165) is 36.8 Å². The lowest BCUT2D eigenvalue weighted by molar-refractivity contribution is 0.0947. The minimum atomic E-state index is -0.463. The van der Waals surface area contributed by atoms with Crippen molar-refractivity contribution >= 4 is 5.78 Å². The maximum absolute atomic E-state index is 14.6. The Morgan fingerprint density at radius 2 is 1.85 bits per heavy atom. The van der Waals surface area contributed by atoms with Crippen molar-refractivity contribution in [1.29, 1.82) is 5.26 Å². The van der Waals surface area contributed by atoms with Gasteiger partial charge in [0.05, 0.1) is 17.6 Å². The summed E-state index contributed by atoms with van der Waals surface area (Å²) < 4.78 is 14.6. The van der Waals surface area contributed by atoms with Crippen LogP contribution >= 0.6 is 0 Å². The largest absolute Gasteiger partial charge is 0.294 e. The number of hydrogen-bond donors (Lipinski definition) is 0. The van der Waals surface area contributed by atoms with Gasteiger partial charge in [-0.2, -0.15) is 5.26 Å². The molecule has 1 aliphatic carbocycles. The molecule has 134 valence electrons. The molecule has 0 heterocycles. The molecule has 1 atom stereocenters. The molecule has 0 aliphatic heterocycles. The SMILES string of the molecule is Cc1cc(-c2ccccc2)cc(C(=O)C[C@@H](C#N)C2CCCCC2)c1F. The van der Waals surface area contributed by atoms with Gasteiger partial charge in [-0.05, 0) is 54.5 Å². The second-order valence-electron chi connectivity index (χ2n) is 7.28. The van der Waals surface area contributed by atoms with Crippen LogP contribution in [0.15, 0.2) is 42.5 Å². The van der Waals surface area contributed by atoms with E-state index in [-0.39, 0.29) is 29.6 Å². The van der Waals surface area contributed by atoms with Crippen molar-refractivity contribution in [3.63, 3.8) is 0 Å². The van der Waals surface area contributed by atoms with E-state index in [2.05, 4.69) is 6.07 Å². The number of aryl methyl sites for hydroxylation is 1. The van der Waals surface area contributed by atoms with Crippen LogP contribution in [0.4, 0.5) is 4.39 Å². The van der Waals surface area contributed by atoms with E-state index in [4.69, 9.17) is 0 Å². The van der Waals surface area contributed by atoms with E-state index in [9.17, 15) is 14.4 Å². The summed E-state index contributed by atoms with van der Waals surface area (Å²) in [4.78, 5) is 12.8. The van der Waals surface area contributed by atoms with Gasteiger partial charge < -0.3 is 0 Å². The summed E-state index contributed by atoms with van der Waals surface area (Å²) in [5.74, 6) is -0.780. The Morgan fingerprint density at radius 1 is 1.15 bits per heavy atom. The van der Waals surface area contributed by atoms with Gasteiger partial charge in [-0.1, -0.05) is 49.6 Å². The number of halogens is 1. The molecule has 0 amide bonds. The molecule has 0 N–H and O–H groups in total. The highest BCUT2D eigenvalue weighted by Crippen LogP contribution is 2.33. The monoisotopic (exact) mass is 349 g/mol. The lowest BCUT2D eigenvalue weighted by Crippen LogP contribution is -2.20. The molecule has 0 aromatic heterocycles. The van der Waals surface area contributed by atoms with Gasteiger partial charge in [-0.3, -0.25) is 4.79 Å². The number of carbonyl (C=O) groups is 1. The molecule has 2 aromatic carbocycles. The Labute approximate surface area is 154 Å². The van der Waals surface area contributed by atoms with E-state index < -0.39 is 5.82 Å². The first kappa shape index (κ1) is 18.3. The summed E-state index contributed by atoms with van der Waals surface area (Å²) in [5.41, 5.74) is 2.36. The maximum atomic E-state index is 14.6. The molecule has 1 saturated carbocycles. The highest BCUT2D eigenvalue weighted by molar-refractivity contribution is 5.98. The Hall–Kier alpha value is -2.47. The van der Waals surface area contributed by atoms with Gasteiger partial charge in [0.15, 0.2) is 5.78 Å². The van der Waals surface area contributed by atoms with Crippen molar-refractivity contribution in [1.82, 2.24) is 0 Å². The first-order valence-corrected chi connectivity index (χ1v) is 9.38. The van der Waals surface area contributed by atoms with Crippen LogP contribution < -0.4 is 0 Å². The third-order valence-corrected chi connectivity index (χ3v) is 5.45. The van der Waals surface area contributed by atoms with Crippen LogP contribution in [-0.2, 0) is 0 Å². The van der Waals surface area contributed by atoms with E-state index in [1.165, 1.54) is 6.42 Å². The van der Waals surface area contributed by atoms with Crippen LogP contribution in [0.2, 0.25) is 0 Å². The van der Waals surface area contributed by atoms with Crippen LogP contribution in [0.3, 0.4) is 0 Å². The normalized spacial score (nSPS) is 16.0. The quantitative estimate of drug-likeness (QED) is 0.612. The molecule has 2 nitrogen and oxygen atoms in total. The zero-order valence-electron chi connectivity index (χ0n) is 15.2. The molecule has 3 rings (SSSR count). The molecular weight excluding hydrogens is 325 g/mol. The number of nitriles is 1. The lowest BCUT2D eigenvalue weighted by Gasteiger charge is -2.25. The summed E-state index contributed by atoms with van der Waals surface area (Å²) in [7, 11) is 0. The first-order chi connectivity index (χ1) is 12.6. The summed E-state index contributed by atoms with van der Waals surface area (Å²) >= 11 is 0. The van der Waals surface area contributed by atoms with Crippen LogP contribution in [0.1, 0.15) is 54.4 Å². The smallest absolute Gasteiger partial charge is 0.167 e. The van der Waals surface area contributed by atoms with Gasteiger partial charge in [0.25, 0.3) is 0 Å². The molecule has 26 heavy (non-hydrogen) atoms. The van der Waals surface area contributed by atoms with Crippen molar-refractivity contribution in [2.75, 3.05) is 0 Å². The number of hydrogen-bond acceptors (Lipinski definition) is 2. The molecule has 0 spiro atoms. The fourth-order valence-electron chi connectivity index (χ4n) is 3.93. The number of nitrogens with zero attached hydrogens (tertiary/aromatic N) is 1. The second-order valence-corrected chi connectivity index (χ2v) is 7.28. The molecule has 0 bridgehead atoms. The number of carbonyl (C=O) groups excluding carboxylic acids is 1. The second kappa shape index (κ2) is 8.27. The molecular formula is C23H24FNO. The maximum Gasteiger partial charge on any atom is 0.167 e. The van der Waals surface area contributed by atoms with E-state index >= 15 is 0 Å². The van der Waals surface area contributed by atoms with Gasteiger partial charge in [0.2, 0.25) is 0 Å². The average molecular weight is 349 g/mol. The lowest BCUT2D eigenvalue weighted by atomic mass is 9.78. The number of Topliss-reactive ketones (excluding diaryl/α,β-unsaturated/α-hetero) is 1. The first-order valence-electron chi connectivity index (χ1n) is 9.38. The van der Waals surface area contributed by atoms with Crippen LogP contribution in [0, 0.1) is 35.9 Å². The molecule has 0 radical (unpaired) electrons. The van der Waals surface area contributed by atoms with Crippen LogP contribution in [-0.4, -0.2) is 5.78 Å². The van der Waals surface area contributed by atoms with Crippen LogP contribution in [0.5, 0.6) is 0 Å². The Balaban J connectivity index is 1.86. The number of ketones is 1. The molecule has 3 heteroatoms. The molecule has 2 aromatic rings. The third-order valence-electron chi connectivity index (χ3n) is 5.45. The van der Waals surface area contributed by atoms with Crippen molar-refractivity contribution in [2.45, 2.75) is 45.4 Å². The summed E-state index contributed by atoms with van der Waals surface area (Å²) in [6.45, 7) is 1.68. The zero-order valence-corrected chi connectivity index (χ0v) is 15.2. The Bertz CT molecular complexity index is 816. The summed E-state index contributed by atoms with van der Waals surface area (Å²) in [6.07, 6.45) is 5.54. The highest BCUT2D eigenvalue weighted by Gasteiger charge is 2.27. The van der Waals surface area contributed by atoms with Crippen molar-refractivity contribution in [2.24, 2.45) is 11.8 Å². The van der Waals surface area contributed by atoms with E-state index in [1.807, 2.05) is 30.3 Å². The number of rotatable bonds is 5. The molecule has 0 unspecified atom stereocenters.